The van der Waals surface area contributed by atoms with E-state index in [2.05, 4.69) is 31.2 Å². The van der Waals surface area contributed by atoms with Gasteiger partial charge in [-0.05, 0) is 28.1 Å². The number of pyridine rings is 1. The van der Waals surface area contributed by atoms with Gasteiger partial charge in [0.15, 0.2) is 4.60 Å². The Hall–Kier alpha value is -1.27. The van der Waals surface area contributed by atoms with Crippen LogP contribution in [0, 0.1) is 0 Å². The minimum absolute atomic E-state index is 0.205. The minimum Gasteiger partial charge on any atom is -0.287 e. The molecule has 2 aromatic rings. The van der Waals surface area contributed by atoms with Crippen LogP contribution in [0.3, 0.4) is 0 Å². The number of aromatic nitrogens is 4. The Morgan fingerprint density at radius 2 is 2.25 bits per heavy atom. The maximum atomic E-state index is 12.0. The molecule has 0 aliphatic heterocycles. The summed E-state index contributed by atoms with van der Waals surface area (Å²) in [7, 11) is 1.65. The van der Waals surface area contributed by atoms with E-state index in [9.17, 15) is 4.79 Å². The maximum Gasteiger partial charge on any atom is 0.215 e. The van der Waals surface area contributed by atoms with Gasteiger partial charge in [-0.3, -0.25) is 4.79 Å². The van der Waals surface area contributed by atoms with Gasteiger partial charge in [-0.1, -0.05) is 16.8 Å². The third-order valence-electron chi connectivity index (χ3n) is 1.99. The van der Waals surface area contributed by atoms with Crippen molar-refractivity contribution in [3.8, 4) is 0 Å². The Kier molecular flexibility index (Phi) is 3.02. The summed E-state index contributed by atoms with van der Waals surface area (Å²) in [6.45, 7) is 0. The predicted octanol–water partition coefficient (Wildman–Crippen LogP) is 1.86. The molecule has 0 fully saturated rings. The van der Waals surface area contributed by atoms with Gasteiger partial charge in [0.2, 0.25) is 5.78 Å². The van der Waals surface area contributed by atoms with Crippen LogP contribution < -0.4 is 0 Å². The van der Waals surface area contributed by atoms with Gasteiger partial charge in [0, 0.05) is 18.8 Å². The van der Waals surface area contributed by atoms with Crippen molar-refractivity contribution in [1.29, 1.82) is 0 Å². The summed E-state index contributed by atoms with van der Waals surface area (Å²) in [5, 5.41) is 7.82. The molecule has 0 amide bonds. The molecule has 7 heteroatoms. The topological polar surface area (TPSA) is 60.7 Å². The second-order valence-corrected chi connectivity index (χ2v) is 4.19. The van der Waals surface area contributed by atoms with E-state index >= 15 is 0 Å². The summed E-state index contributed by atoms with van der Waals surface area (Å²) in [5.41, 5.74) is 0.819. The van der Waals surface area contributed by atoms with Crippen LogP contribution in [-0.4, -0.2) is 25.8 Å². The molecule has 0 unspecified atom stereocenters. The molecule has 16 heavy (non-hydrogen) atoms. The highest BCUT2D eigenvalue weighted by Gasteiger charge is 2.18. The van der Waals surface area contributed by atoms with E-state index in [-0.39, 0.29) is 5.78 Å². The lowest BCUT2D eigenvalue weighted by Crippen LogP contribution is -2.09. The Morgan fingerprint density at radius 1 is 1.50 bits per heavy atom. The number of rotatable bonds is 2. The summed E-state index contributed by atoms with van der Waals surface area (Å²) in [6, 6.07) is 3.17. The molecule has 0 aromatic carbocycles. The number of halogens is 2. The van der Waals surface area contributed by atoms with E-state index < -0.39 is 0 Å². The van der Waals surface area contributed by atoms with Gasteiger partial charge in [0.1, 0.15) is 10.8 Å². The normalized spacial score (nSPS) is 10.4. The summed E-state index contributed by atoms with van der Waals surface area (Å²) in [6.07, 6.45) is 1.42. The first-order valence-electron chi connectivity index (χ1n) is 4.31. The number of carbonyl (C=O) groups is 1. The van der Waals surface area contributed by atoms with Crippen LogP contribution in [0.1, 0.15) is 16.1 Å². The van der Waals surface area contributed by atoms with Crippen LogP contribution in [0.5, 0.6) is 0 Å². The van der Waals surface area contributed by atoms with Gasteiger partial charge < -0.3 is 0 Å². The molecule has 0 radical (unpaired) electrons. The van der Waals surface area contributed by atoms with Crippen LogP contribution in [0.4, 0.5) is 0 Å². The fraction of sp³-hybridized carbons (Fsp3) is 0.111. The molecule has 0 saturated carbocycles. The van der Waals surface area contributed by atoms with Crippen molar-refractivity contribution in [3.05, 3.63) is 39.3 Å². The lowest BCUT2D eigenvalue weighted by Gasteiger charge is -2.00. The highest BCUT2D eigenvalue weighted by atomic mass is 79.9. The third-order valence-corrected chi connectivity index (χ3v) is 2.75. The van der Waals surface area contributed by atoms with E-state index in [1.54, 1.807) is 19.2 Å². The van der Waals surface area contributed by atoms with Crippen LogP contribution in [0.25, 0.3) is 0 Å². The molecule has 0 N–H and O–H groups in total. The lowest BCUT2D eigenvalue weighted by atomic mass is 10.1. The van der Waals surface area contributed by atoms with Gasteiger partial charge in [-0.25, -0.2) is 9.67 Å². The molecule has 5 nitrogen and oxygen atoms in total. The Labute approximate surface area is 105 Å². The standard InChI is InChI=1S/C9H6BrClN4O/c1-15-7(9(10)13-14-15)8(16)5-2-3-6(11)12-4-5/h2-4H,1H3. The number of hydrogen-bond donors (Lipinski definition) is 0. The first-order chi connectivity index (χ1) is 7.59. The quantitative estimate of drug-likeness (QED) is 0.627. The van der Waals surface area contributed by atoms with Gasteiger partial charge >= 0.3 is 0 Å². The Morgan fingerprint density at radius 3 is 2.75 bits per heavy atom. The highest BCUT2D eigenvalue weighted by Crippen LogP contribution is 2.17. The van der Waals surface area contributed by atoms with Crippen LogP contribution >= 0.6 is 27.5 Å². The lowest BCUT2D eigenvalue weighted by molar-refractivity contribution is 0.102. The van der Waals surface area contributed by atoms with E-state index in [0.29, 0.717) is 21.0 Å². The molecule has 2 aromatic heterocycles. The zero-order valence-corrected chi connectivity index (χ0v) is 10.5. The van der Waals surface area contributed by atoms with Crippen LogP contribution in [0.2, 0.25) is 5.15 Å². The molecule has 0 atom stereocenters. The second-order valence-electron chi connectivity index (χ2n) is 3.05. The van der Waals surface area contributed by atoms with Crippen molar-refractivity contribution >= 4 is 33.3 Å². The minimum atomic E-state index is -0.205. The molecular weight excluding hydrogens is 295 g/mol. The molecule has 2 rings (SSSR count). The van der Waals surface area contributed by atoms with Crippen LogP contribution in [-0.2, 0) is 7.05 Å². The molecule has 0 spiro atoms. The average Bonchev–Trinajstić information content (AvgIpc) is 2.59. The van der Waals surface area contributed by atoms with Crippen molar-refractivity contribution in [1.82, 2.24) is 20.0 Å². The summed E-state index contributed by atoms with van der Waals surface area (Å²) >= 11 is 8.81. The molecule has 0 bridgehead atoms. The maximum absolute atomic E-state index is 12.0. The number of nitrogens with zero attached hydrogens (tertiary/aromatic N) is 4. The van der Waals surface area contributed by atoms with E-state index in [4.69, 9.17) is 11.6 Å². The first-order valence-corrected chi connectivity index (χ1v) is 5.48. The number of carbonyl (C=O) groups excluding carboxylic acids is 1. The number of ketones is 1. The van der Waals surface area contributed by atoms with Crippen molar-refractivity contribution in [2.75, 3.05) is 0 Å². The smallest absolute Gasteiger partial charge is 0.215 e. The molecule has 0 saturated heterocycles. The van der Waals surface area contributed by atoms with Gasteiger partial charge in [-0.2, -0.15) is 0 Å². The van der Waals surface area contributed by atoms with E-state index in [0.717, 1.165) is 0 Å². The number of aryl methyl sites for hydroxylation is 1. The van der Waals surface area contributed by atoms with Crippen LogP contribution in [0.15, 0.2) is 22.9 Å². The second kappa shape index (κ2) is 4.31. The average molecular weight is 302 g/mol. The zero-order valence-electron chi connectivity index (χ0n) is 8.19. The Bertz CT molecular complexity index is 517. The third kappa shape index (κ3) is 1.98. The zero-order chi connectivity index (χ0) is 11.7. The van der Waals surface area contributed by atoms with E-state index in [1.807, 2.05) is 0 Å². The van der Waals surface area contributed by atoms with E-state index in [1.165, 1.54) is 10.9 Å². The summed E-state index contributed by atoms with van der Waals surface area (Å²) < 4.78 is 1.82. The van der Waals surface area contributed by atoms with Gasteiger partial charge in [0.25, 0.3) is 0 Å². The van der Waals surface area contributed by atoms with Crippen molar-refractivity contribution in [2.45, 2.75) is 0 Å². The molecule has 82 valence electrons. The molecule has 0 aliphatic carbocycles. The van der Waals surface area contributed by atoms with Crippen molar-refractivity contribution in [3.63, 3.8) is 0 Å². The van der Waals surface area contributed by atoms with Crippen molar-refractivity contribution < 1.29 is 4.79 Å². The van der Waals surface area contributed by atoms with Gasteiger partial charge in [-0.15, -0.1) is 5.10 Å². The monoisotopic (exact) mass is 300 g/mol. The molecule has 0 aliphatic rings. The SMILES string of the molecule is Cn1nnc(Br)c1C(=O)c1ccc(Cl)nc1. The number of hydrogen-bond acceptors (Lipinski definition) is 4. The predicted molar refractivity (Wildman–Crippen MR) is 61.4 cm³/mol. The summed E-state index contributed by atoms with van der Waals surface area (Å²) in [5.74, 6) is -0.205. The Balaban J connectivity index is 2.43. The van der Waals surface area contributed by atoms with Crippen molar-refractivity contribution in [2.24, 2.45) is 7.05 Å². The fourth-order valence-electron chi connectivity index (χ4n) is 1.22. The summed E-state index contributed by atoms with van der Waals surface area (Å²) in [4.78, 5) is 15.9. The highest BCUT2D eigenvalue weighted by molar-refractivity contribution is 9.10. The fourth-order valence-corrected chi connectivity index (χ4v) is 1.84. The molecule has 2 heterocycles. The first kappa shape index (κ1) is 11.2. The van der Waals surface area contributed by atoms with Gasteiger partial charge in [0.05, 0.1) is 0 Å². The largest absolute Gasteiger partial charge is 0.287 e. The molecular formula is C9H6BrClN4O.